The number of aryl methyl sites for hydroxylation is 1. The van der Waals surface area contributed by atoms with Crippen LogP contribution in [-0.2, 0) is 27.8 Å². The monoisotopic (exact) mass is 489 g/mol. The SMILES string of the molecule is Cc1ccc2c(COC(=O)c3cccc(S(=O)(=O)N4c5ccccc5C[C@H]4C)c3)cc(=O)oc2c1. The summed E-state index contributed by atoms with van der Waals surface area (Å²) < 4.78 is 39.1. The maximum atomic E-state index is 13.5. The average Bonchev–Trinajstić information content (AvgIpc) is 3.18. The zero-order chi connectivity index (χ0) is 24.7. The Kier molecular flexibility index (Phi) is 5.68. The highest BCUT2D eigenvalue weighted by molar-refractivity contribution is 7.92. The molecule has 1 aliphatic heterocycles. The second kappa shape index (κ2) is 8.70. The quantitative estimate of drug-likeness (QED) is 0.300. The predicted molar refractivity (Wildman–Crippen MR) is 132 cm³/mol. The molecule has 0 saturated carbocycles. The Hall–Kier alpha value is -3.91. The molecule has 8 heteroatoms. The normalized spacial score (nSPS) is 15.3. The third-order valence-corrected chi connectivity index (χ3v) is 8.04. The van der Waals surface area contributed by atoms with E-state index in [9.17, 15) is 18.0 Å². The molecule has 1 aromatic heterocycles. The molecule has 7 nitrogen and oxygen atoms in total. The molecule has 35 heavy (non-hydrogen) atoms. The lowest BCUT2D eigenvalue weighted by Crippen LogP contribution is -2.35. The average molecular weight is 490 g/mol. The standard InChI is InChI=1S/C27H23NO6S/c1-17-10-11-23-21(15-26(29)34-25(23)12-17)16-33-27(30)20-7-5-8-22(14-20)35(31,32)28-18(2)13-19-6-3-4-9-24(19)28/h3-12,14-15,18H,13,16H2,1-2H3/t18-/m1/s1. The fourth-order valence-electron chi connectivity index (χ4n) is 4.48. The molecule has 178 valence electrons. The fraction of sp³-hybridized carbons (Fsp3) is 0.185. The first-order valence-electron chi connectivity index (χ1n) is 11.2. The van der Waals surface area contributed by atoms with Gasteiger partial charge in [0, 0.05) is 23.1 Å². The number of benzene rings is 3. The number of esters is 1. The maximum absolute atomic E-state index is 13.5. The van der Waals surface area contributed by atoms with Crippen LogP contribution in [0.25, 0.3) is 11.0 Å². The molecule has 3 aromatic carbocycles. The largest absolute Gasteiger partial charge is 0.457 e. The molecule has 0 amide bonds. The third-order valence-electron chi connectivity index (χ3n) is 6.12. The van der Waals surface area contributed by atoms with Gasteiger partial charge in [-0.1, -0.05) is 36.4 Å². The highest BCUT2D eigenvalue weighted by Crippen LogP contribution is 2.36. The number of ether oxygens (including phenoxy) is 1. The van der Waals surface area contributed by atoms with Gasteiger partial charge in [0.2, 0.25) is 0 Å². The lowest BCUT2D eigenvalue weighted by Gasteiger charge is -2.24. The highest BCUT2D eigenvalue weighted by Gasteiger charge is 2.36. The lowest BCUT2D eigenvalue weighted by atomic mass is 10.1. The summed E-state index contributed by atoms with van der Waals surface area (Å²) in [7, 11) is -3.89. The minimum absolute atomic E-state index is 0.0109. The van der Waals surface area contributed by atoms with Gasteiger partial charge in [-0.05, 0) is 61.7 Å². The van der Waals surface area contributed by atoms with Crippen molar-refractivity contribution in [1.82, 2.24) is 0 Å². The Morgan fingerprint density at radius 2 is 1.86 bits per heavy atom. The van der Waals surface area contributed by atoms with Crippen LogP contribution in [0.4, 0.5) is 5.69 Å². The molecule has 1 atom stereocenters. The van der Waals surface area contributed by atoms with Crippen molar-refractivity contribution in [2.75, 3.05) is 4.31 Å². The van der Waals surface area contributed by atoms with Crippen molar-refractivity contribution in [3.05, 3.63) is 105 Å². The number of hydrogen-bond donors (Lipinski definition) is 0. The van der Waals surface area contributed by atoms with E-state index in [0.29, 0.717) is 28.6 Å². The van der Waals surface area contributed by atoms with E-state index in [4.69, 9.17) is 9.15 Å². The van der Waals surface area contributed by atoms with Crippen LogP contribution in [0.5, 0.6) is 0 Å². The number of para-hydroxylation sites is 1. The zero-order valence-corrected chi connectivity index (χ0v) is 20.0. The Labute approximate surface area is 202 Å². The van der Waals surface area contributed by atoms with Crippen molar-refractivity contribution in [2.45, 2.75) is 37.8 Å². The molecule has 1 aliphatic rings. The molecule has 0 aliphatic carbocycles. The minimum atomic E-state index is -3.89. The molecule has 0 saturated heterocycles. The second-order valence-electron chi connectivity index (χ2n) is 8.68. The van der Waals surface area contributed by atoms with E-state index in [2.05, 4.69) is 0 Å². The third kappa shape index (κ3) is 4.21. The van der Waals surface area contributed by atoms with Crippen LogP contribution in [0, 0.1) is 6.92 Å². The molecule has 0 N–H and O–H groups in total. The Bertz CT molecular complexity index is 1620. The molecular formula is C27H23NO6S. The topological polar surface area (TPSA) is 93.9 Å². The number of sulfonamides is 1. The maximum Gasteiger partial charge on any atom is 0.338 e. The first-order chi connectivity index (χ1) is 16.7. The Morgan fingerprint density at radius 3 is 2.69 bits per heavy atom. The second-order valence-corrected chi connectivity index (χ2v) is 10.5. The van der Waals surface area contributed by atoms with E-state index >= 15 is 0 Å². The van der Waals surface area contributed by atoms with E-state index in [0.717, 1.165) is 11.1 Å². The van der Waals surface area contributed by atoms with Gasteiger partial charge in [0.15, 0.2) is 0 Å². The van der Waals surface area contributed by atoms with Crippen molar-refractivity contribution in [2.24, 2.45) is 0 Å². The molecular weight excluding hydrogens is 466 g/mol. The zero-order valence-electron chi connectivity index (χ0n) is 19.2. The fourth-order valence-corrected chi connectivity index (χ4v) is 6.22. The number of fused-ring (bicyclic) bond motifs is 2. The minimum Gasteiger partial charge on any atom is -0.457 e. The first-order valence-corrected chi connectivity index (χ1v) is 12.6. The molecule has 0 bridgehead atoms. The van der Waals surface area contributed by atoms with E-state index in [1.54, 1.807) is 18.2 Å². The summed E-state index contributed by atoms with van der Waals surface area (Å²) in [4.78, 5) is 24.8. The number of hydrogen-bond acceptors (Lipinski definition) is 6. The number of rotatable bonds is 5. The number of carbonyl (C=O) groups excluding carboxylic acids is 1. The van der Waals surface area contributed by atoms with Crippen molar-refractivity contribution in [3.8, 4) is 0 Å². The van der Waals surface area contributed by atoms with Crippen LogP contribution >= 0.6 is 0 Å². The van der Waals surface area contributed by atoms with Gasteiger partial charge < -0.3 is 9.15 Å². The first kappa shape index (κ1) is 22.9. The van der Waals surface area contributed by atoms with Crippen molar-refractivity contribution < 1.29 is 22.4 Å². The predicted octanol–water partition coefficient (Wildman–Crippen LogP) is 4.60. The van der Waals surface area contributed by atoms with Crippen molar-refractivity contribution in [3.63, 3.8) is 0 Å². The van der Waals surface area contributed by atoms with Crippen molar-refractivity contribution >= 4 is 32.6 Å². The van der Waals surface area contributed by atoms with Crippen LogP contribution in [0.1, 0.15) is 34.0 Å². The van der Waals surface area contributed by atoms with E-state index in [1.165, 1.54) is 34.6 Å². The summed E-state index contributed by atoms with van der Waals surface area (Å²) in [5.74, 6) is -0.689. The van der Waals surface area contributed by atoms with E-state index in [1.807, 2.05) is 38.1 Å². The van der Waals surface area contributed by atoms with E-state index in [-0.39, 0.29) is 23.1 Å². The van der Waals surface area contributed by atoms with Gasteiger partial charge >= 0.3 is 11.6 Å². The number of anilines is 1. The molecule has 0 fully saturated rings. The molecule has 2 heterocycles. The number of nitrogens with zero attached hydrogens (tertiary/aromatic N) is 1. The Balaban J connectivity index is 1.40. The molecule has 0 unspecified atom stereocenters. The van der Waals surface area contributed by atoms with Gasteiger partial charge in [-0.15, -0.1) is 0 Å². The molecule has 0 spiro atoms. The van der Waals surface area contributed by atoms with Gasteiger partial charge in [0.05, 0.1) is 16.1 Å². The Morgan fingerprint density at radius 1 is 1.06 bits per heavy atom. The summed E-state index contributed by atoms with van der Waals surface area (Å²) in [6.45, 7) is 3.59. The van der Waals surface area contributed by atoms with Gasteiger partial charge in [0.25, 0.3) is 10.0 Å². The van der Waals surface area contributed by atoms with Crippen LogP contribution in [0.3, 0.4) is 0 Å². The summed E-state index contributed by atoms with van der Waals surface area (Å²) in [5.41, 5.74) is 3.04. The van der Waals surface area contributed by atoms with Crippen molar-refractivity contribution in [1.29, 1.82) is 0 Å². The molecule has 5 rings (SSSR count). The summed E-state index contributed by atoms with van der Waals surface area (Å²) >= 11 is 0. The smallest absolute Gasteiger partial charge is 0.338 e. The molecule has 4 aromatic rings. The van der Waals surface area contributed by atoms with E-state index < -0.39 is 21.6 Å². The highest BCUT2D eigenvalue weighted by atomic mass is 32.2. The van der Waals surface area contributed by atoms with Gasteiger partial charge in [-0.2, -0.15) is 0 Å². The van der Waals surface area contributed by atoms with Crippen LogP contribution in [-0.4, -0.2) is 20.4 Å². The number of carbonyl (C=O) groups is 1. The van der Waals surface area contributed by atoms with Gasteiger partial charge in [-0.25, -0.2) is 18.0 Å². The molecule has 0 radical (unpaired) electrons. The van der Waals surface area contributed by atoms with Gasteiger partial charge in [-0.3, -0.25) is 4.31 Å². The van der Waals surface area contributed by atoms with Crippen LogP contribution in [0.15, 0.2) is 86.9 Å². The summed E-state index contributed by atoms with van der Waals surface area (Å²) in [5, 5.41) is 0.668. The summed E-state index contributed by atoms with van der Waals surface area (Å²) in [6.07, 6.45) is 0.621. The summed E-state index contributed by atoms with van der Waals surface area (Å²) in [6, 6.07) is 19.7. The van der Waals surface area contributed by atoms with Gasteiger partial charge in [0.1, 0.15) is 12.2 Å². The van der Waals surface area contributed by atoms with Crippen LogP contribution < -0.4 is 9.93 Å². The lowest BCUT2D eigenvalue weighted by molar-refractivity contribution is 0.0473. The van der Waals surface area contributed by atoms with Crippen LogP contribution in [0.2, 0.25) is 0 Å².